The number of nitrogens with two attached hydrogens (primary N) is 1. The molecule has 2 aliphatic heterocycles. The van der Waals surface area contributed by atoms with Crippen molar-refractivity contribution in [2.24, 2.45) is 17.6 Å². The molecule has 2 atom stereocenters. The van der Waals surface area contributed by atoms with Crippen LogP contribution in [0.4, 0.5) is 13.2 Å². The summed E-state index contributed by atoms with van der Waals surface area (Å²) in [4.78, 5) is 28.9. The van der Waals surface area contributed by atoms with Gasteiger partial charge in [0.05, 0.1) is 5.56 Å². The van der Waals surface area contributed by atoms with Crippen LogP contribution in [0.25, 0.3) is 0 Å². The van der Waals surface area contributed by atoms with Crippen LogP contribution >= 0.6 is 0 Å². The van der Waals surface area contributed by atoms with E-state index >= 15 is 0 Å². The van der Waals surface area contributed by atoms with E-state index in [0.29, 0.717) is 44.9 Å². The first-order valence-electron chi connectivity index (χ1n) is 9.67. The normalized spacial score (nSPS) is 23.9. The molecule has 0 aromatic heterocycles. The third kappa shape index (κ3) is 4.32. The first-order chi connectivity index (χ1) is 13.2. The van der Waals surface area contributed by atoms with E-state index in [1.165, 1.54) is 12.1 Å². The fraction of sp³-hybridized carbons (Fsp3) is 0.600. The third-order valence-electron chi connectivity index (χ3n) is 5.87. The number of piperidine rings is 1. The number of carbonyl (C=O) groups is 2. The second-order valence-corrected chi connectivity index (χ2v) is 7.82. The van der Waals surface area contributed by atoms with Crippen molar-refractivity contribution in [1.29, 1.82) is 0 Å². The number of amides is 2. The summed E-state index contributed by atoms with van der Waals surface area (Å²) in [5.74, 6) is 0.0679. The predicted molar refractivity (Wildman–Crippen MR) is 98.4 cm³/mol. The van der Waals surface area contributed by atoms with E-state index in [-0.39, 0.29) is 29.3 Å². The smallest absolute Gasteiger partial charge is 0.339 e. The van der Waals surface area contributed by atoms with Gasteiger partial charge >= 0.3 is 6.18 Å². The van der Waals surface area contributed by atoms with Gasteiger partial charge in [-0.3, -0.25) is 9.59 Å². The van der Waals surface area contributed by atoms with Crippen molar-refractivity contribution >= 4 is 11.8 Å². The Morgan fingerprint density at radius 1 is 1.14 bits per heavy atom. The molecular weight excluding hydrogens is 371 g/mol. The summed E-state index contributed by atoms with van der Waals surface area (Å²) in [6.07, 6.45) is -2.35. The minimum absolute atomic E-state index is 0.115. The molecule has 0 saturated carbocycles. The lowest BCUT2D eigenvalue weighted by Gasteiger charge is -2.34. The Bertz CT molecular complexity index is 712. The minimum Gasteiger partial charge on any atom is -0.339 e. The molecule has 3 rings (SSSR count). The summed E-state index contributed by atoms with van der Waals surface area (Å²) in [5, 5.41) is 0. The zero-order valence-electron chi connectivity index (χ0n) is 15.9. The average molecular weight is 397 g/mol. The van der Waals surface area contributed by atoms with Crippen LogP contribution in [0.2, 0.25) is 0 Å². The summed E-state index contributed by atoms with van der Waals surface area (Å²) >= 11 is 0. The number of nitrogens with zero attached hydrogens (tertiary/aromatic N) is 2. The fourth-order valence-corrected chi connectivity index (χ4v) is 4.17. The lowest BCUT2D eigenvalue weighted by molar-refractivity contribution is -0.138. The molecular formula is C20H26F3N3O2. The SMILES string of the molecule is CC1CC(CN)CN1C(=O)C1CCN(C(=O)c2ccc(C(F)(F)F)cc2)CC1. The third-order valence-corrected chi connectivity index (χ3v) is 5.87. The maximum absolute atomic E-state index is 12.8. The predicted octanol–water partition coefficient (Wildman–Crippen LogP) is 2.75. The van der Waals surface area contributed by atoms with E-state index in [2.05, 4.69) is 0 Å². The zero-order chi connectivity index (χ0) is 20.5. The van der Waals surface area contributed by atoms with Gasteiger partial charge in [-0.25, -0.2) is 0 Å². The van der Waals surface area contributed by atoms with Gasteiger partial charge in [-0.05, 0) is 62.9 Å². The molecule has 1 aromatic rings. The van der Waals surface area contributed by atoms with Crippen molar-refractivity contribution in [3.05, 3.63) is 35.4 Å². The van der Waals surface area contributed by atoms with Crippen LogP contribution in [0.5, 0.6) is 0 Å². The van der Waals surface area contributed by atoms with Crippen molar-refractivity contribution in [2.75, 3.05) is 26.2 Å². The van der Waals surface area contributed by atoms with E-state index < -0.39 is 11.7 Å². The van der Waals surface area contributed by atoms with Crippen LogP contribution in [-0.2, 0) is 11.0 Å². The molecule has 0 bridgehead atoms. The van der Waals surface area contributed by atoms with Gasteiger partial charge < -0.3 is 15.5 Å². The molecule has 154 valence electrons. The van der Waals surface area contributed by atoms with E-state index in [0.717, 1.165) is 18.6 Å². The van der Waals surface area contributed by atoms with Crippen molar-refractivity contribution in [3.63, 3.8) is 0 Å². The standard InChI is InChI=1S/C20H26F3N3O2/c1-13-10-14(11-24)12-26(13)19(28)16-6-8-25(9-7-16)18(27)15-2-4-17(5-3-15)20(21,22)23/h2-5,13-14,16H,6-12,24H2,1H3. The van der Waals surface area contributed by atoms with Gasteiger partial charge in [-0.1, -0.05) is 0 Å². The van der Waals surface area contributed by atoms with Crippen molar-refractivity contribution in [1.82, 2.24) is 9.80 Å². The number of hydrogen-bond donors (Lipinski definition) is 1. The number of halogens is 3. The van der Waals surface area contributed by atoms with E-state index in [1.807, 2.05) is 11.8 Å². The van der Waals surface area contributed by atoms with Gasteiger partial charge in [0, 0.05) is 37.2 Å². The molecule has 0 radical (unpaired) electrons. The molecule has 8 heteroatoms. The first kappa shape index (κ1) is 20.6. The molecule has 5 nitrogen and oxygen atoms in total. The summed E-state index contributed by atoms with van der Waals surface area (Å²) in [6.45, 7) is 4.17. The van der Waals surface area contributed by atoms with Gasteiger partial charge in [0.1, 0.15) is 0 Å². The molecule has 0 aliphatic carbocycles. The Balaban J connectivity index is 1.56. The Labute approximate surface area is 162 Å². The van der Waals surface area contributed by atoms with Crippen LogP contribution in [0.1, 0.15) is 42.1 Å². The average Bonchev–Trinajstić information content (AvgIpc) is 3.07. The van der Waals surface area contributed by atoms with Gasteiger partial charge in [-0.2, -0.15) is 13.2 Å². The number of rotatable bonds is 3. The topological polar surface area (TPSA) is 66.6 Å². The second-order valence-electron chi connectivity index (χ2n) is 7.82. The maximum Gasteiger partial charge on any atom is 0.416 e. The van der Waals surface area contributed by atoms with Gasteiger partial charge in [0.15, 0.2) is 0 Å². The number of benzene rings is 1. The highest BCUT2D eigenvalue weighted by molar-refractivity contribution is 5.94. The summed E-state index contributed by atoms with van der Waals surface area (Å²) in [6, 6.07) is 4.45. The number of carbonyl (C=O) groups excluding carboxylic acids is 2. The van der Waals surface area contributed by atoms with Crippen LogP contribution in [-0.4, -0.2) is 53.8 Å². The fourth-order valence-electron chi connectivity index (χ4n) is 4.17. The van der Waals surface area contributed by atoms with Crippen LogP contribution in [0.3, 0.4) is 0 Å². The molecule has 1 aromatic carbocycles. The Morgan fingerprint density at radius 2 is 1.75 bits per heavy atom. The van der Waals surface area contributed by atoms with Gasteiger partial charge in [0.25, 0.3) is 5.91 Å². The monoisotopic (exact) mass is 397 g/mol. The molecule has 2 heterocycles. The highest BCUT2D eigenvalue weighted by Gasteiger charge is 2.37. The largest absolute Gasteiger partial charge is 0.416 e. The van der Waals surface area contributed by atoms with Crippen LogP contribution < -0.4 is 5.73 Å². The quantitative estimate of drug-likeness (QED) is 0.853. The van der Waals surface area contributed by atoms with E-state index in [9.17, 15) is 22.8 Å². The Hall–Kier alpha value is -2.09. The molecule has 2 aliphatic rings. The highest BCUT2D eigenvalue weighted by Crippen LogP contribution is 2.30. The summed E-state index contributed by atoms with van der Waals surface area (Å²) in [7, 11) is 0. The lowest BCUT2D eigenvalue weighted by Crippen LogP contribution is -2.45. The number of hydrogen-bond acceptors (Lipinski definition) is 3. The van der Waals surface area contributed by atoms with Crippen molar-refractivity contribution in [2.45, 2.75) is 38.4 Å². The van der Waals surface area contributed by atoms with Gasteiger partial charge in [0.2, 0.25) is 5.91 Å². The lowest BCUT2D eigenvalue weighted by atomic mass is 9.94. The molecule has 2 N–H and O–H groups in total. The zero-order valence-corrected chi connectivity index (χ0v) is 15.9. The van der Waals surface area contributed by atoms with E-state index in [4.69, 9.17) is 5.73 Å². The van der Waals surface area contributed by atoms with E-state index in [1.54, 1.807) is 4.90 Å². The second kappa shape index (κ2) is 8.11. The Morgan fingerprint density at radius 3 is 2.25 bits per heavy atom. The van der Waals surface area contributed by atoms with Crippen molar-refractivity contribution in [3.8, 4) is 0 Å². The highest BCUT2D eigenvalue weighted by atomic mass is 19.4. The summed E-state index contributed by atoms with van der Waals surface area (Å²) < 4.78 is 38.0. The Kier molecular flexibility index (Phi) is 5.98. The van der Waals surface area contributed by atoms with Crippen LogP contribution in [0.15, 0.2) is 24.3 Å². The molecule has 28 heavy (non-hydrogen) atoms. The first-order valence-corrected chi connectivity index (χ1v) is 9.67. The molecule has 2 amide bonds. The van der Waals surface area contributed by atoms with Crippen LogP contribution in [0, 0.1) is 11.8 Å². The van der Waals surface area contributed by atoms with Crippen molar-refractivity contribution < 1.29 is 22.8 Å². The molecule has 2 fully saturated rings. The molecule has 2 saturated heterocycles. The number of alkyl halides is 3. The summed E-state index contributed by atoms with van der Waals surface area (Å²) in [5.41, 5.74) is 5.19. The molecule has 2 unspecified atom stereocenters. The maximum atomic E-state index is 12.8. The minimum atomic E-state index is -4.42. The molecule has 0 spiro atoms. The number of likely N-dealkylation sites (tertiary alicyclic amines) is 2. The van der Waals surface area contributed by atoms with Gasteiger partial charge in [-0.15, -0.1) is 0 Å².